The molecule has 5 aromatic heterocycles. The molecule has 6 rings (SSSR count). The van der Waals surface area contributed by atoms with Gasteiger partial charge in [0.25, 0.3) is 0 Å². The number of benzene rings is 1. The molecule has 0 spiro atoms. The average molecular weight is 551 g/mol. The van der Waals surface area contributed by atoms with Crippen molar-refractivity contribution in [3.05, 3.63) is 72.6 Å². The third-order valence-electron chi connectivity index (χ3n) is 6.75. The van der Waals surface area contributed by atoms with Crippen molar-refractivity contribution in [2.24, 2.45) is 0 Å². The summed E-state index contributed by atoms with van der Waals surface area (Å²) >= 11 is 0. The zero-order valence-electron chi connectivity index (χ0n) is 23.4. The number of aromatic nitrogens is 7. The molecule has 0 aliphatic heterocycles. The van der Waals surface area contributed by atoms with Gasteiger partial charge in [0.15, 0.2) is 17.1 Å². The number of imidazole rings is 1. The summed E-state index contributed by atoms with van der Waals surface area (Å²) in [4.78, 5) is 25.9. The quantitative estimate of drug-likeness (QED) is 0.235. The number of pyridine rings is 3. The van der Waals surface area contributed by atoms with Crippen LogP contribution in [-0.2, 0) is 6.54 Å². The molecule has 208 valence electrons. The van der Waals surface area contributed by atoms with E-state index in [0.29, 0.717) is 46.1 Å². The molecule has 0 fully saturated rings. The predicted octanol–water partition coefficient (Wildman–Crippen LogP) is 4.80. The fourth-order valence-corrected chi connectivity index (χ4v) is 4.87. The molecule has 0 amide bonds. The van der Waals surface area contributed by atoms with Crippen LogP contribution < -0.4 is 5.32 Å². The zero-order chi connectivity index (χ0) is 28.5. The van der Waals surface area contributed by atoms with Crippen molar-refractivity contribution in [3.8, 4) is 33.8 Å². The van der Waals surface area contributed by atoms with E-state index in [1.54, 1.807) is 6.20 Å². The highest BCUT2D eigenvalue weighted by molar-refractivity contribution is 5.96. The molecule has 1 aromatic carbocycles. The standard InChI is InChI=1S/C30H31FN10/c1-40(2)8-7-33-23-11-19(10-22(31)13-23)24-5-6-34-29-26(24)36-30(37-29)27-25-12-21(16-35-28(25)39-38-27)20-9-18(14-32-15-20)17-41(3)4/h5-6,9-16,33H,7-8,17H2,1-4H3,(H,34,36,37)(H,35,38,39). The Morgan fingerprint density at radius 1 is 0.878 bits per heavy atom. The Morgan fingerprint density at radius 2 is 1.73 bits per heavy atom. The van der Waals surface area contributed by atoms with Crippen LogP contribution >= 0.6 is 0 Å². The van der Waals surface area contributed by atoms with E-state index >= 15 is 0 Å². The maximum atomic E-state index is 14.6. The van der Waals surface area contributed by atoms with Gasteiger partial charge in [-0.1, -0.05) is 0 Å². The lowest BCUT2D eigenvalue weighted by atomic mass is 10.0. The van der Waals surface area contributed by atoms with Crippen LogP contribution in [0.15, 0.2) is 61.2 Å². The molecule has 0 saturated heterocycles. The fourth-order valence-electron chi connectivity index (χ4n) is 4.87. The molecular weight excluding hydrogens is 519 g/mol. The van der Waals surface area contributed by atoms with E-state index < -0.39 is 0 Å². The van der Waals surface area contributed by atoms with E-state index in [2.05, 4.69) is 51.3 Å². The minimum Gasteiger partial charge on any atom is -0.384 e. The Labute approximate surface area is 236 Å². The SMILES string of the molecule is CN(C)CCNc1cc(F)cc(-c2ccnc3[nH]c(-c4n[nH]c5ncc(-c6cncc(CN(C)C)c6)cc45)nc23)c1. The van der Waals surface area contributed by atoms with Crippen LogP contribution in [0.3, 0.4) is 0 Å². The van der Waals surface area contributed by atoms with Gasteiger partial charge in [0.1, 0.15) is 17.0 Å². The molecule has 41 heavy (non-hydrogen) atoms. The van der Waals surface area contributed by atoms with E-state index in [1.807, 2.05) is 65.0 Å². The summed E-state index contributed by atoms with van der Waals surface area (Å²) in [5.41, 5.74) is 7.71. The third kappa shape index (κ3) is 5.63. The maximum Gasteiger partial charge on any atom is 0.161 e. The number of nitrogens with zero attached hydrogens (tertiary/aromatic N) is 7. The summed E-state index contributed by atoms with van der Waals surface area (Å²) in [5, 5.41) is 11.7. The van der Waals surface area contributed by atoms with Crippen molar-refractivity contribution >= 4 is 27.9 Å². The second-order valence-electron chi connectivity index (χ2n) is 10.6. The highest BCUT2D eigenvalue weighted by Gasteiger charge is 2.18. The number of H-pyrrole nitrogens is 2. The molecule has 5 heterocycles. The number of anilines is 1. The minimum atomic E-state index is -0.323. The monoisotopic (exact) mass is 550 g/mol. The lowest BCUT2D eigenvalue weighted by Gasteiger charge is -2.12. The van der Waals surface area contributed by atoms with E-state index in [9.17, 15) is 4.39 Å². The predicted molar refractivity (Wildman–Crippen MR) is 160 cm³/mol. The molecule has 3 N–H and O–H groups in total. The molecule has 0 unspecified atom stereocenters. The highest BCUT2D eigenvalue weighted by Crippen LogP contribution is 2.33. The van der Waals surface area contributed by atoms with Crippen LogP contribution in [0.5, 0.6) is 0 Å². The molecule has 0 saturated carbocycles. The van der Waals surface area contributed by atoms with Gasteiger partial charge in [-0.15, -0.1) is 0 Å². The molecule has 10 nitrogen and oxygen atoms in total. The topological polar surface area (TPSA) is 115 Å². The van der Waals surface area contributed by atoms with Crippen molar-refractivity contribution in [2.45, 2.75) is 6.54 Å². The summed E-state index contributed by atoms with van der Waals surface area (Å²) in [6.07, 6.45) is 7.22. The van der Waals surface area contributed by atoms with Gasteiger partial charge in [0.2, 0.25) is 0 Å². The largest absolute Gasteiger partial charge is 0.384 e. The van der Waals surface area contributed by atoms with Crippen molar-refractivity contribution in [2.75, 3.05) is 46.6 Å². The number of fused-ring (bicyclic) bond motifs is 2. The van der Waals surface area contributed by atoms with E-state index in [4.69, 9.17) is 4.98 Å². The smallest absolute Gasteiger partial charge is 0.161 e. The van der Waals surface area contributed by atoms with Crippen LogP contribution in [-0.4, -0.2) is 86.2 Å². The number of aromatic amines is 2. The summed E-state index contributed by atoms with van der Waals surface area (Å²) < 4.78 is 14.6. The van der Waals surface area contributed by atoms with Gasteiger partial charge in [-0.3, -0.25) is 10.1 Å². The normalized spacial score (nSPS) is 11.8. The Kier molecular flexibility index (Phi) is 7.12. The van der Waals surface area contributed by atoms with Gasteiger partial charge in [0.05, 0.1) is 5.39 Å². The van der Waals surface area contributed by atoms with Crippen molar-refractivity contribution in [1.29, 1.82) is 0 Å². The Bertz CT molecular complexity index is 1840. The number of rotatable bonds is 9. The molecule has 0 radical (unpaired) electrons. The first-order valence-corrected chi connectivity index (χ1v) is 13.3. The molecule has 0 aliphatic rings. The van der Waals surface area contributed by atoms with Crippen LogP contribution in [0.1, 0.15) is 5.56 Å². The number of hydrogen-bond acceptors (Lipinski definition) is 8. The van der Waals surface area contributed by atoms with Crippen molar-refractivity contribution in [1.82, 2.24) is 44.9 Å². The van der Waals surface area contributed by atoms with Gasteiger partial charge < -0.3 is 20.1 Å². The first kappa shape index (κ1) is 26.5. The average Bonchev–Trinajstić information content (AvgIpc) is 3.56. The summed E-state index contributed by atoms with van der Waals surface area (Å²) in [5.74, 6) is 0.224. The molecule has 0 aliphatic carbocycles. The Morgan fingerprint density at radius 3 is 2.56 bits per heavy atom. The van der Waals surface area contributed by atoms with Crippen LogP contribution in [0, 0.1) is 5.82 Å². The van der Waals surface area contributed by atoms with Crippen LogP contribution in [0.25, 0.3) is 56.0 Å². The first-order valence-electron chi connectivity index (χ1n) is 13.3. The number of hydrogen-bond donors (Lipinski definition) is 3. The Balaban J connectivity index is 1.37. The lowest BCUT2D eigenvalue weighted by molar-refractivity contribution is 0.402. The number of nitrogens with one attached hydrogen (secondary N) is 3. The van der Waals surface area contributed by atoms with Gasteiger partial charge in [0, 0.05) is 66.8 Å². The van der Waals surface area contributed by atoms with E-state index in [0.717, 1.165) is 40.7 Å². The van der Waals surface area contributed by atoms with E-state index in [1.165, 1.54) is 12.1 Å². The summed E-state index contributed by atoms with van der Waals surface area (Å²) in [6.45, 7) is 2.33. The second-order valence-corrected chi connectivity index (χ2v) is 10.6. The second kappa shape index (κ2) is 11.0. The van der Waals surface area contributed by atoms with Gasteiger partial charge >= 0.3 is 0 Å². The molecule has 0 bridgehead atoms. The van der Waals surface area contributed by atoms with E-state index in [-0.39, 0.29) is 5.82 Å². The minimum absolute atomic E-state index is 0.323. The molecule has 0 atom stereocenters. The summed E-state index contributed by atoms with van der Waals surface area (Å²) in [6, 6.07) is 11.0. The molecule has 11 heteroatoms. The van der Waals surface area contributed by atoms with Crippen LogP contribution in [0.4, 0.5) is 10.1 Å². The zero-order valence-corrected chi connectivity index (χ0v) is 23.4. The third-order valence-corrected chi connectivity index (χ3v) is 6.75. The van der Waals surface area contributed by atoms with Crippen LogP contribution in [0.2, 0.25) is 0 Å². The number of likely N-dealkylation sites (N-methyl/N-ethyl adjacent to an activating group) is 1. The van der Waals surface area contributed by atoms with Crippen molar-refractivity contribution < 1.29 is 4.39 Å². The van der Waals surface area contributed by atoms with Crippen molar-refractivity contribution in [3.63, 3.8) is 0 Å². The molecule has 6 aromatic rings. The summed E-state index contributed by atoms with van der Waals surface area (Å²) in [7, 11) is 8.06. The fraction of sp³-hybridized carbons (Fsp3) is 0.233. The van der Waals surface area contributed by atoms with Gasteiger partial charge in [-0.25, -0.2) is 19.3 Å². The molecular formula is C30H31FN10. The number of halogens is 1. The lowest BCUT2D eigenvalue weighted by Crippen LogP contribution is -2.20. The van der Waals surface area contributed by atoms with Gasteiger partial charge in [-0.2, -0.15) is 5.10 Å². The van der Waals surface area contributed by atoms with Gasteiger partial charge in [-0.05, 0) is 75.7 Å². The highest BCUT2D eigenvalue weighted by atomic mass is 19.1. The Hall–Kier alpha value is -4.74. The first-order chi connectivity index (χ1) is 19.8. The maximum absolute atomic E-state index is 14.6.